The van der Waals surface area contributed by atoms with E-state index in [1.54, 1.807) is 16.9 Å². The Morgan fingerprint density at radius 1 is 1.04 bits per heavy atom. The minimum absolute atomic E-state index is 0.371. The van der Waals surface area contributed by atoms with Crippen LogP contribution in [0.15, 0.2) is 40.6 Å². The fourth-order valence-electron chi connectivity index (χ4n) is 2.49. The minimum atomic E-state index is -4.41. The molecule has 3 aromatic rings. The van der Waals surface area contributed by atoms with Gasteiger partial charge in [0, 0.05) is 11.4 Å². The predicted octanol–water partition coefficient (Wildman–Crippen LogP) is 4.71. The second-order valence-corrected chi connectivity index (χ2v) is 7.42. The van der Waals surface area contributed by atoms with Gasteiger partial charge >= 0.3 is 6.18 Å². The summed E-state index contributed by atoms with van der Waals surface area (Å²) in [6, 6.07) is 7.02. The molecular formula is C17H16F3N5S2. The molecule has 0 aliphatic carbocycles. The van der Waals surface area contributed by atoms with E-state index in [0.717, 1.165) is 23.5 Å². The summed E-state index contributed by atoms with van der Waals surface area (Å²) >= 11 is 2.69. The number of hydrogen-bond acceptors (Lipinski definition) is 6. The SMILES string of the molecule is CSc1nnc(CSc2nc(C)cc(C)n2)n1-c1cccc(C(F)(F)F)c1. The zero-order valence-electron chi connectivity index (χ0n) is 14.8. The highest BCUT2D eigenvalue weighted by atomic mass is 32.2. The van der Waals surface area contributed by atoms with Crippen LogP contribution in [0.25, 0.3) is 5.69 Å². The summed E-state index contributed by atoms with van der Waals surface area (Å²) in [6.07, 6.45) is -2.61. The maximum Gasteiger partial charge on any atom is 0.416 e. The molecule has 0 N–H and O–H groups in total. The average molecular weight is 411 g/mol. The quantitative estimate of drug-likeness (QED) is 0.448. The first-order chi connectivity index (χ1) is 12.8. The van der Waals surface area contributed by atoms with Crippen molar-refractivity contribution in [2.75, 3.05) is 6.26 Å². The van der Waals surface area contributed by atoms with Crippen LogP contribution in [0.3, 0.4) is 0 Å². The standard InChI is InChI=1S/C17H16F3N5S2/c1-10-7-11(2)22-15(21-10)27-9-14-23-24-16(26-3)25(14)13-6-4-5-12(8-13)17(18,19)20/h4-8H,9H2,1-3H3. The summed E-state index contributed by atoms with van der Waals surface area (Å²) in [4.78, 5) is 8.73. The fourth-order valence-corrected chi connectivity index (χ4v) is 3.87. The number of hydrogen-bond donors (Lipinski definition) is 0. The van der Waals surface area contributed by atoms with Crippen molar-refractivity contribution < 1.29 is 13.2 Å². The maximum absolute atomic E-state index is 13.1. The third-order valence-electron chi connectivity index (χ3n) is 3.61. The van der Waals surface area contributed by atoms with Gasteiger partial charge in [0.05, 0.1) is 17.0 Å². The number of halogens is 3. The smallest absolute Gasteiger partial charge is 0.273 e. The maximum atomic E-state index is 13.1. The Morgan fingerprint density at radius 2 is 1.74 bits per heavy atom. The van der Waals surface area contributed by atoms with Gasteiger partial charge in [-0.2, -0.15) is 13.2 Å². The van der Waals surface area contributed by atoms with Crippen LogP contribution >= 0.6 is 23.5 Å². The van der Waals surface area contributed by atoms with Crippen molar-refractivity contribution in [3.8, 4) is 5.69 Å². The zero-order valence-corrected chi connectivity index (χ0v) is 16.4. The molecule has 0 saturated heterocycles. The summed E-state index contributed by atoms with van der Waals surface area (Å²) in [6.45, 7) is 3.77. The monoisotopic (exact) mass is 411 g/mol. The number of thioether (sulfide) groups is 2. The van der Waals surface area contributed by atoms with E-state index < -0.39 is 11.7 Å². The van der Waals surface area contributed by atoms with Crippen molar-refractivity contribution in [3.63, 3.8) is 0 Å². The number of aryl methyl sites for hydroxylation is 2. The number of benzene rings is 1. The Labute approximate surface area is 162 Å². The molecule has 0 radical (unpaired) electrons. The molecular weight excluding hydrogens is 395 g/mol. The van der Waals surface area contributed by atoms with Crippen molar-refractivity contribution in [3.05, 3.63) is 53.1 Å². The summed E-state index contributed by atoms with van der Waals surface area (Å²) in [5.41, 5.74) is 1.37. The van der Waals surface area contributed by atoms with Gasteiger partial charge in [0.2, 0.25) is 0 Å². The van der Waals surface area contributed by atoms with Crippen molar-refractivity contribution in [1.82, 2.24) is 24.7 Å². The molecule has 0 aliphatic rings. The van der Waals surface area contributed by atoms with Crippen molar-refractivity contribution in [1.29, 1.82) is 0 Å². The first-order valence-corrected chi connectivity index (χ1v) is 10.1. The molecule has 5 nitrogen and oxygen atoms in total. The molecule has 10 heteroatoms. The first-order valence-electron chi connectivity index (χ1n) is 7.89. The van der Waals surface area contributed by atoms with Crippen LogP contribution in [0.1, 0.15) is 22.8 Å². The fraction of sp³-hybridized carbons (Fsp3) is 0.294. The third-order valence-corrected chi connectivity index (χ3v) is 5.08. The second kappa shape index (κ2) is 7.89. The lowest BCUT2D eigenvalue weighted by Gasteiger charge is -2.12. The molecule has 0 amide bonds. The second-order valence-electron chi connectivity index (χ2n) is 5.71. The van der Waals surface area contributed by atoms with Gasteiger partial charge < -0.3 is 0 Å². The molecule has 1 aromatic carbocycles. The number of rotatable bonds is 5. The van der Waals surface area contributed by atoms with E-state index in [4.69, 9.17) is 0 Å². The molecule has 2 heterocycles. The number of nitrogens with zero attached hydrogens (tertiary/aromatic N) is 5. The molecule has 0 saturated carbocycles. The Morgan fingerprint density at radius 3 is 2.37 bits per heavy atom. The highest BCUT2D eigenvalue weighted by molar-refractivity contribution is 7.98. The Balaban J connectivity index is 1.94. The average Bonchev–Trinajstić information content (AvgIpc) is 3.01. The van der Waals surface area contributed by atoms with E-state index >= 15 is 0 Å². The molecule has 0 atom stereocenters. The van der Waals surface area contributed by atoms with Crippen molar-refractivity contribution >= 4 is 23.5 Å². The lowest BCUT2D eigenvalue weighted by Crippen LogP contribution is -2.08. The van der Waals surface area contributed by atoms with Crippen molar-refractivity contribution in [2.24, 2.45) is 0 Å². The van der Waals surface area contributed by atoms with Crippen LogP contribution < -0.4 is 0 Å². The number of alkyl halides is 3. The van der Waals surface area contributed by atoms with Crippen LogP contribution in [0.4, 0.5) is 13.2 Å². The molecule has 0 fully saturated rings. The molecule has 0 aliphatic heterocycles. The number of aromatic nitrogens is 5. The highest BCUT2D eigenvalue weighted by Crippen LogP contribution is 2.32. The van der Waals surface area contributed by atoms with E-state index in [1.165, 1.54) is 29.6 Å². The van der Waals surface area contributed by atoms with Crippen LogP contribution in [-0.2, 0) is 11.9 Å². The summed E-state index contributed by atoms with van der Waals surface area (Å²) in [5.74, 6) is 0.915. The topological polar surface area (TPSA) is 56.5 Å². The molecule has 3 rings (SSSR count). The van der Waals surface area contributed by atoms with Gasteiger partial charge in [-0.05, 0) is 44.4 Å². The largest absolute Gasteiger partial charge is 0.416 e. The molecule has 2 aromatic heterocycles. The molecule has 0 bridgehead atoms. The molecule has 27 heavy (non-hydrogen) atoms. The Kier molecular flexibility index (Phi) is 5.75. The van der Waals surface area contributed by atoms with E-state index in [2.05, 4.69) is 20.2 Å². The normalized spacial score (nSPS) is 11.8. The van der Waals surface area contributed by atoms with Gasteiger partial charge in [0.1, 0.15) is 5.82 Å². The van der Waals surface area contributed by atoms with E-state index in [0.29, 0.717) is 27.6 Å². The van der Waals surface area contributed by atoms with Crippen LogP contribution in [0, 0.1) is 13.8 Å². The Bertz CT molecular complexity index is 936. The lowest BCUT2D eigenvalue weighted by atomic mass is 10.2. The van der Waals surface area contributed by atoms with Gasteiger partial charge in [0.25, 0.3) is 0 Å². The minimum Gasteiger partial charge on any atom is -0.273 e. The molecule has 0 spiro atoms. The summed E-state index contributed by atoms with van der Waals surface area (Å²) in [7, 11) is 0. The summed E-state index contributed by atoms with van der Waals surface area (Å²) < 4.78 is 40.8. The van der Waals surface area contributed by atoms with E-state index in [9.17, 15) is 13.2 Å². The zero-order chi connectivity index (χ0) is 19.6. The van der Waals surface area contributed by atoms with Gasteiger partial charge in [-0.25, -0.2) is 9.97 Å². The van der Waals surface area contributed by atoms with Crippen LogP contribution in [0.2, 0.25) is 0 Å². The van der Waals surface area contributed by atoms with E-state index in [1.807, 2.05) is 19.9 Å². The van der Waals surface area contributed by atoms with E-state index in [-0.39, 0.29) is 0 Å². The predicted molar refractivity (Wildman–Crippen MR) is 99.2 cm³/mol. The Hall–Kier alpha value is -2.07. The summed E-state index contributed by atoms with van der Waals surface area (Å²) in [5, 5.41) is 9.35. The van der Waals surface area contributed by atoms with Gasteiger partial charge in [-0.1, -0.05) is 29.6 Å². The van der Waals surface area contributed by atoms with Crippen LogP contribution in [-0.4, -0.2) is 31.0 Å². The first kappa shape index (κ1) is 19.7. The van der Waals surface area contributed by atoms with Gasteiger partial charge in [-0.15, -0.1) is 10.2 Å². The van der Waals surface area contributed by atoms with Gasteiger partial charge in [0.15, 0.2) is 10.3 Å². The molecule has 0 unspecified atom stereocenters. The molecule has 142 valence electrons. The lowest BCUT2D eigenvalue weighted by molar-refractivity contribution is -0.137. The highest BCUT2D eigenvalue weighted by Gasteiger charge is 2.31. The van der Waals surface area contributed by atoms with Crippen LogP contribution in [0.5, 0.6) is 0 Å². The third kappa shape index (κ3) is 4.62. The van der Waals surface area contributed by atoms with Crippen molar-refractivity contribution in [2.45, 2.75) is 36.1 Å². The van der Waals surface area contributed by atoms with Gasteiger partial charge in [-0.3, -0.25) is 4.57 Å².